The highest BCUT2D eigenvalue weighted by molar-refractivity contribution is 5.18. The van der Waals surface area contributed by atoms with Crippen molar-refractivity contribution in [3.63, 3.8) is 0 Å². The smallest absolute Gasteiger partial charge is 0.137 e. The van der Waals surface area contributed by atoms with Crippen LogP contribution in [-0.2, 0) is 0 Å². The monoisotopic (exact) mass is 221 g/mol. The molecule has 1 aromatic heterocycles. The first-order chi connectivity index (χ1) is 7.84. The molecule has 0 aromatic carbocycles. The van der Waals surface area contributed by atoms with Crippen LogP contribution in [0.15, 0.2) is 18.3 Å². The number of pyridine rings is 1. The predicted octanol–water partition coefficient (Wildman–Crippen LogP) is 0.674. The molecule has 0 bridgehead atoms. The van der Waals surface area contributed by atoms with Gasteiger partial charge in [0.15, 0.2) is 0 Å². The second-order valence-electron chi connectivity index (χ2n) is 4.08. The van der Waals surface area contributed by atoms with Crippen LogP contribution in [0.1, 0.15) is 5.69 Å². The Bertz CT molecular complexity index is 307. The van der Waals surface area contributed by atoms with E-state index in [1.54, 1.807) is 6.20 Å². The van der Waals surface area contributed by atoms with Gasteiger partial charge in [-0.25, -0.2) is 0 Å². The lowest BCUT2D eigenvalue weighted by Crippen LogP contribution is -2.44. The molecular formula is C12H19N3O. The Morgan fingerprint density at radius 1 is 1.38 bits per heavy atom. The quantitative estimate of drug-likeness (QED) is 0.811. The van der Waals surface area contributed by atoms with Gasteiger partial charge in [0, 0.05) is 38.4 Å². The molecule has 1 fully saturated rings. The van der Waals surface area contributed by atoms with Crippen molar-refractivity contribution < 1.29 is 4.74 Å². The van der Waals surface area contributed by atoms with Gasteiger partial charge in [0.1, 0.15) is 12.4 Å². The number of nitrogens with zero attached hydrogens (tertiary/aromatic N) is 2. The minimum atomic E-state index is 0.741. The average Bonchev–Trinajstić information content (AvgIpc) is 2.33. The van der Waals surface area contributed by atoms with Crippen LogP contribution >= 0.6 is 0 Å². The fraction of sp³-hybridized carbons (Fsp3) is 0.583. The number of piperazine rings is 1. The topological polar surface area (TPSA) is 37.4 Å². The number of nitrogens with one attached hydrogen (secondary N) is 1. The first-order valence-corrected chi connectivity index (χ1v) is 5.83. The maximum absolute atomic E-state index is 5.64. The molecule has 0 amide bonds. The van der Waals surface area contributed by atoms with Crippen LogP contribution in [0, 0.1) is 6.92 Å². The Morgan fingerprint density at radius 3 is 2.88 bits per heavy atom. The fourth-order valence-electron chi connectivity index (χ4n) is 1.77. The van der Waals surface area contributed by atoms with Gasteiger partial charge in [-0.1, -0.05) is 0 Å². The van der Waals surface area contributed by atoms with E-state index in [4.69, 9.17) is 4.74 Å². The molecule has 1 aliphatic rings. The van der Waals surface area contributed by atoms with Crippen LogP contribution in [0.4, 0.5) is 0 Å². The van der Waals surface area contributed by atoms with Gasteiger partial charge < -0.3 is 10.1 Å². The van der Waals surface area contributed by atoms with Crippen LogP contribution in [0.5, 0.6) is 5.75 Å². The molecule has 0 unspecified atom stereocenters. The third-order valence-electron chi connectivity index (χ3n) is 2.77. The lowest BCUT2D eigenvalue weighted by Gasteiger charge is -2.26. The van der Waals surface area contributed by atoms with Gasteiger partial charge in [0.25, 0.3) is 0 Å². The van der Waals surface area contributed by atoms with Crippen molar-refractivity contribution in [2.75, 3.05) is 39.3 Å². The summed E-state index contributed by atoms with van der Waals surface area (Å²) >= 11 is 0. The number of aromatic nitrogens is 1. The van der Waals surface area contributed by atoms with Gasteiger partial charge in [0.2, 0.25) is 0 Å². The van der Waals surface area contributed by atoms with Crippen LogP contribution in [0.3, 0.4) is 0 Å². The van der Waals surface area contributed by atoms with E-state index in [1.807, 2.05) is 19.1 Å². The molecule has 1 saturated heterocycles. The summed E-state index contributed by atoms with van der Waals surface area (Å²) in [5.41, 5.74) is 1.02. The Labute approximate surface area is 96.6 Å². The van der Waals surface area contributed by atoms with Crippen molar-refractivity contribution in [2.24, 2.45) is 0 Å². The summed E-state index contributed by atoms with van der Waals surface area (Å²) in [6.45, 7) is 8.13. The molecule has 88 valence electrons. The van der Waals surface area contributed by atoms with E-state index >= 15 is 0 Å². The van der Waals surface area contributed by atoms with Gasteiger partial charge in [-0.15, -0.1) is 0 Å². The summed E-state index contributed by atoms with van der Waals surface area (Å²) in [5.74, 6) is 0.862. The molecule has 1 aromatic rings. The number of aryl methyl sites for hydroxylation is 1. The zero-order chi connectivity index (χ0) is 11.2. The molecule has 0 spiro atoms. The fourth-order valence-corrected chi connectivity index (χ4v) is 1.77. The first kappa shape index (κ1) is 11.4. The molecule has 16 heavy (non-hydrogen) atoms. The van der Waals surface area contributed by atoms with E-state index in [9.17, 15) is 0 Å². The van der Waals surface area contributed by atoms with E-state index in [1.165, 1.54) is 0 Å². The second kappa shape index (κ2) is 5.82. The van der Waals surface area contributed by atoms with Crippen molar-refractivity contribution in [1.82, 2.24) is 15.2 Å². The van der Waals surface area contributed by atoms with Crippen LogP contribution < -0.4 is 10.1 Å². The second-order valence-corrected chi connectivity index (χ2v) is 4.08. The summed E-state index contributed by atoms with van der Waals surface area (Å²) < 4.78 is 5.64. The highest BCUT2D eigenvalue weighted by Crippen LogP contribution is 2.08. The maximum Gasteiger partial charge on any atom is 0.137 e. The largest absolute Gasteiger partial charge is 0.491 e. The van der Waals surface area contributed by atoms with E-state index < -0.39 is 0 Å². The Hall–Kier alpha value is -1.13. The van der Waals surface area contributed by atoms with Crippen molar-refractivity contribution in [3.8, 4) is 5.75 Å². The summed E-state index contributed by atoms with van der Waals surface area (Å²) in [6.07, 6.45) is 1.78. The van der Waals surface area contributed by atoms with Crippen molar-refractivity contribution in [1.29, 1.82) is 0 Å². The standard InChI is InChI=1S/C12H19N3O/c1-11-2-3-12(10-14-11)16-9-8-15-6-4-13-5-7-15/h2-3,10,13H,4-9H2,1H3. The zero-order valence-electron chi connectivity index (χ0n) is 9.78. The molecule has 4 nitrogen and oxygen atoms in total. The average molecular weight is 221 g/mol. The van der Waals surface area contributed by atoms with Crippen molar-refractivity contribution >= 4 is 0 Å². The lowest BCUT2D eigenvalue weighted by molar-refractivity contribution is 0.191. The minimum Gasteiger partial charge on any atom is -0.491 e. The molecule has 0 radical (unpaired) electrons. The van der Waals surface area contributed by atoms with E-state index in [0.717, 1.165) is 50.8 Å². The Kier molecular flexibility index (Phi) is 4.13. The third kappa shape index (κ3) is 3.47. The summed E-state index contributed by atoms with van der Waals surface area (Å²) in [5, 5.41) is 3.34. The van der Waals surface area contributed by atoms with Crippen LogP contribution in [0.25, 0.3) is 0 Å². The normalized spacial score (nSPS) is 17.3. The number of ether oxygens (including phenoxy) is 1. The zero-order valence-corrected chi connectivity index (χ0v) is 9.78. The van der Waals surface area contributed by atoms with Gasteiger partial charge in [-0.3, -0.25) is 9.88 Å². The molecule has 0 aliphatic carbocycles. The minimum absolute atomic E-state index is 0.741. The number of hydrogen-bond acceptors (Lipinski definition) is 4. The van der Waals surface area contributed by atoms with Crippen LogP contribution in [0.2, 0.25) is 0 Å². The van der Waals surface area contributed by atoms with E-state index in [-0.39, 0.29) is 0 Å². The van der Waals surface area contributed by atoms with Gasteiger partial charge in [-0.2, -0.15) is 0 Å². The Balaban J connectivity index is 1.69. The van der Waals surface area contributed by atoms with Crippen molar-refractivity contribution in [2.45, 2.75) is 6.92 Å². The molecule has 1 N–H and O–H groups in total. The summed E-state index contributed by atoms with van der Waals surface area (Å²) in [7, 11) is 0. The van der Waals surface area contributed by atoms with Gasteiger partial charge in [0.05, 0.1) is 6.20 Å². The highest BCUT2D eigenvalue weighted by Gasteiger charge is 2.08. The Morgan fingerprint density at radius 2 is 2.19 bits per heavy atom. The molecule has 4 heteroatoms. The lowest BCUT2D eigenvalue weighted by atomic mass is 10.3. The van der Waals surface area contributed by atoms with Crippen molar-refractivity contribution in [3.05, 3.63) is 24.0 Å². The number of rotatable bonds is 4. The first-order valence-electron chi connectivity index (χ1n) is 5.83. The summed E-state index contributed by atoms with van der Waals surface area (Å²) in [4.78, 5) is 6.61. The molecule has 2 heterocycles. The predicted molar refractivity (Wildman–Crippen MR) is 63.8 cm³/mol. The maximum atomic E-state index is 5.64. The SMILES string of the molecule is Cc1ccc(OCCN2CCNCC2)cn1. The summed E-state index contributed by atoms with van der Waals surface area (Å²) in [6, 6.07) is 3.94. The molecular weight excluding hydrogens is 202 g/mol. The molecule has 0 atom stereocenters. The number of hydrogen-bond donors (Lipinski definition) is 1. The van der Waals surface area contributed by atoms with Gasteiger partial charge in [-0.05, 0) is 19.1 Å². The molecule has 1 aliphatic heterocycles. The molecule has 0 saturated carbocycles. The van der Waals surface area contributed by atoms with E-state index in [0.29, 0.717) is 0 Å². The van der Waals surface area contributed by atoms with E-state index in [2.05, 4.69) is 15.2 Å². The van der Waals surface area contributed by atoms with Crippen LogP contribution in [-0.4, -0.2) is 49.2 Å². The molecule has 2 rings (SSSR count). The highest BCUT2D eigenvalue weighted by atomic mass is 16.5. The third-order valence-corrected chi connectivity index (χ3v) is 2.77. The van der Waals surface area contributed by atoms with Gasteiger partial charge >= 0.3 is 0 Å².